The molecular weight excluding hydrogens is 271 g/mol. The van der Waals surface area contributed by atoms with Crippen molar-refractivity contribution in [2.24, 2.45) is 0 Å². The summed E-state index contributed by atoms with van der Waals surface area (Å²) in [5.74, 6) is -1.30. The maximum Gasteiger partial charge on any atom is 0.387 e. The second kappa shape index (κ2) is 7.50. The number of nitrogens with one attached hydrogen (secondary N) is 1. The highest BCUT2D eigenvalue weighted by Gasteiger charge is 2.21. The van der Waals surface area contributed by atoms with Crippen LogP contribution in [0, 0.1) is 5.82 Å². The smallest absolute Gasteiger partial charge is 0.387 e. The van der Waals surface area contributed by atoms with E-state index in [1.165, 1.54) is 12.1 Å². The number of ether oxygens (including phenoxy) is 1. The van der Waals surface area contributed by atoms with E-state index in [4.69, 9.17) is 0 Å². The first-order valence-electron chi connectivity index (χ1n) is 6.56. The molecule has 0 fully saturated rings. The fraction of sp³-hybridized carbons (Fsp3) is 0.571. The molecule has 0 spiro atoms. The maximum atomic E-state index is 13.5. The van der Waals surface area contributed by atoms with Crippen molar-refractivity contribution in [3.05, 3.63) is 29.6 Å². The van der Waals surface area contributed by atoms with Crippen molar-refractivity contribution in [2.75, 3.05) is 6.54 Å². The van der Waals surface area contributed by atoms with Gasteiger partial charge < -0.3 is 15.2 Å². The van der Waals surface area contributed by atoms with Crippen LogP contribution in [0.1, 0.15) is 32.3 Å². The van der Waals surface area contributed by atoms with Crippen molar-refractivity contribution >= 4 is 0 Å². The average Bonchev–Trinajstić information content (AvgIpc) is 2.41. The highest BCUT2D eigenvalue weighted by molar-refractivity contribution is 5.29. The normalized spacial score (nSPS) is 11.9. The Kier molecular flexibility index (Phi) is 6.29. The molecule has 6 heteroatoms. The Morgan fingerprint density at radius 3 is 2.45 bits per heavy atom. The lowest BCUT2D eigenvalue weighted by atomic mass is 9.97. The van der Waals surface area contributed by atoms with Crippen LogP contribution in [0.5, 0.6) is 5.75 Å². The number of hydrogen-bond donors (Lipinski definition) is 2. The Bertz CT molecular complexity index is 423. The Labute approximate surface area is 116 Å². The van der Waals surface area contributed by atoms with E-state index in [0.717, 1.165) is 6.07 Å². The van der Waals surface area contributed by atoms with Gasteiger partial charge in [-0.2, -0.15) is 8.78 Å². The third-order valence-electron chi connectivity index (χ3n) is 3.31. The van der Waals surface area contributed by atoms with Gasteiger partial charge in [0.05, 0.1) is 5.60 Å². The maximum absolute atomic E-state index is 13.5. The van der Waals surface area contributed by atoms with Crippen LogP contribution in [0.4, 0.5) is 13.2 Å². The van der Waals surface area contributed by atoms with E-state index in [2.05, 4.69) is 10.1 Å². The highest BCUT2D eigenvalue weighted by Crippen LogP contribution is 2.20. The average molecular weight is 291 g/mol. The van der Waals surface area contributed by atoms with Gasteiger partial charge >= 0.3 is 6.61 Å². The fourth-order valence-corrected chi connectivity index (χ4v) is 1.79. The minimum absolute atomic E-state index is 0.341. The summed E-state index contributed by atoms with van der Waals surface area (Å²) in [4.78, 5) is 0. The molecule has 0 atom stereocenters. The molecule has 0 aliphatic rings. The van der Waals surface area contributed by atoms with Crippen LogP contribution in [0.2, 0.25) is 0 Å². The molecule has 1 rings (SSSR count). The number of rotatable bonds is 8. The van der Waals surface area contributed by atoms with Crippen LogP contribution >= 0.6 is 0 Å². The van der Waals surface area contributed by atoms with Gasteiger partial charge in [0.1, 0.15) is 0 Å². The topological polar surface area (TPSA) is 41.5 Å². The second-order valence-corrected chi connectivity index (χ2v) is 4.68. The zero-order valence-electron chi connectivity index (χ0n) is 11.6. The molecule has 1 aromatic carbocycles. The number of alkyl halides is 2. The second-order valence-electron chi connectivity index (χ2n) is 4.68. The summed E-state index contributed by atoms with van der Waals surface area (Å²) in [7, 11) is 0. The summed E-state index contributed by atoms with van der Waals surface area (Å²) in [5.41, 5.74) is -0.184. The minimum atomic E-state index is -3.04. The van der Waals surface area contributed by atoms with E-state index >= 15 is 0 Å². The molecule has 0 saturated carbocycles. The van der Waals surface area contributed by atoms with Crippen molar-refractivity contribution in [3.63, 3.8) is 0 Å². The molecule has 0 aliphatic carbocycles. The Morgan fingerprint density at radius 2 is 1.95 bits per heavy atom. The van der Waals surface area contributed by atoms with E-state index < -0.39 is 23.8 Å². The van der Waals surface area contributed by atoms with Gasteiger partial charge in [0.25, 0.3) is 0 Å². The quantitative estimate of drug-likeness (QED) is 0.773. The van der Waals surface area contributed by atoms with Gasteiger partial charge in [0, 0.05) is 13.1 Å². The van der Waals surface area contributed by atoms with E-state index in [-0.39, 0.29) is 0 Å². The Balaban J connectivity index is 2.55. The van der Waals surface area contributed by atoms with E-state index in [1.807, 2.05) is 13.8 Å². The minimum Gasteiger partial charge on any atom is -0.432 e. The highest BCUT2D eigenvalue weighted by atomic mass is 19.3. The summed E-state index contributed by atoms with van der Waals surface area (Å²) in [6, 6.07) is 3.82. The largest absolute Gasteiger partial charge is 0.432 e. The molecule has 0 aliphatic heterocycles. The molecule has 0 saturated heterocycles. The molecule has 1 aromatic rings. The van der Waals surface area contributed by atoms with Crippen molar-refractivity contribution in [3.8, 4) is 5.75 Å². The zero-order chi connectivity index (χ0) is 15.2. The molecule has 2 N–H and O–H groups in total. The first-order chi connectivity index (χ1) is 9.40. The fourth-order valence-electron chi connectivity index (χ4n) is 1.79. The van der Waals surface area contributed by atoms with Gasteiger partial charge in [-0.1, -0.05) is 19.9 Å². The number of hydrogen-bond acceptors (Lipinski definition) is 3. The predicted molar refractivity (Wildman–Crippen MR) is 70.3 cm³/mol. The van der Waals surface area contributed by atoms with Gasteiger partial charge in [0.15, 0.2) is 11.6 Å². The predicted octanol–water partition coefficient (Wildman–Crippen LogP) is 3.07. The molecule has 20 heavy (non-hydrogen) atoms. The van der Waals surface area contributed by atoms with Crippen LogP contribution in [0.15, 0.2) is 18.2 Å². The van der Waals surface area contributed by atoms with Gasteiger partial charge in [-0.3, -0.25) is 0 Å². The Morgan fingerprint density at radius 1 is 1.30 bits per heavy atom. The molecular formula is C14H20F3NO2. The third kappa shape index (κ3) is 5.02. The SMILES string of the molecule is CCC(O)(CC)CNCc1ccc(OC(F)F)c(F)c1. The van der Waals surface area contributed by atoms with Crippen molar-refractivity contribution < 1.29 is 23.0 Å². The van der Waals surface area contributed by atoms with Crippen LogP contribution in [0.25, 0.3) is 0 Å². The van der Waals surface area contributed by atoms with Gasteiger partial charge in [-0.15, -0.1) is 0 Å². The van der Waals surface area contributed by atoms with Crippen LogP contribution in [-0.2, 0) is 6.54 Å². The molecule has 0 amide bonds. The van der Waals surface area contributed by atoms with E-state index in [9.17, 15) is 18.3 Å². The summed E-state index contributed by atoms with van der Waals surface area (Å²) >= 11 is 0. The number of halogens is 3. The molecule has 114 valence electrons. The molecule has 3 nitrogen and oxygen atoms in total. The summed E-state index contributed by atoms with van der Waals surface area (Å²) in [6.45, 7) is 1.46. The van der Waals surface area contributed by atoms with Crippen molar-refractivity contribution in [1.82, 2.24) is 5.32 Å². The lowest BCUT2D eigenvalue weighted by molar-refractivity contribution is -0.0522. The van der Waals surface area contributed by atoms with Crippen LogP contribution in [-0.4, -0.2) is 23.9 Å². The summed E-state index contributed by atoms with van der Waals surface area (Å²) < 4.78 is 41.5. The van der Waals surface area contributed by atoms with Gasteiger partial charge in [-0.05, 0) is 30.5 Å². The first-order valence-corrected chi connectivity index (χ1v) is 6.56. The van der Waals surface area contributed by atoms with E-state index in [0.29, 0.717) is 31.5 Å². The molecule has 0 radical (unpaired) electrons. The van der Waals surface area contributed by atoms with Crippen LogP contribution in [0.3, 0.4) is 0 Å². The number of benzene rings is 1. The first kappa shape index (κ1) is 16.8. The molecule has 0 heterocycles. The summed E-state index contributed by atoms with van der Waals surface area (Å²) in [5, 5.41) is 13.1. The molecule has 0 bridgehead atoms. The molecule has 0 aromatic heterocycles. The zero-order valence-corrected chi connectivity index (χ0v) is 11.6. The monoisotopic (exact) mass is 291 g/mol. The van der Waals surface area contributed by atoms with Crippen molar-refractivity contribution in [1.29, 1.82) is 0 Å². The summed E-state index contributed by atoms with van der Waals surface area (Å²) in [6.07, 6.45) is 1.23. The standard InChI is InChI=1S/C14H20F3NO2/c1-3-14(19,4-2)9-18-8-10-5-6-12(11(15)7-10)20-13(16)17/h5-7,13,18-19H,3-4,8-9H2,1-2H3. The van der Waals surface area contributed by atoms with Gasteiger partial charge in [0.2, 0.25) is 0 Å². The number of aliphatic hydroxyl groups is 1. The lowest BCUT2D eigenvalue weighted by Gasteiger charge is -2.25. The van der Waals surface area contributed by atoms with Crippen molar-refractivity contribution in [2.45, 2.75) is 45.4 Å². The molecule has 0 unspecified atom stereocenters. The Hall–Kier alpha value is -1.27. The van der Waals surface area contributed by atoms with Crippen LogP contribution < -0.4 is 10.1 Å². The third-order valence-corrected chi connectivity index (χ3v) is 3.31. The van der Waals surface area contributed by atoms with E-state index in [1.54, 1.807) is 0 Å². The lowest BCUT2D eigenvalue weighted by Crippen LogP contribution is -2.39. The van der Waals surface area contributed by atoms with Gasteiger partial charge in [-0.25, -0.2) is 4.39 Å².